The van der Waals surface area contributed by atoms with Crippen LogP contribution in [0.25, 0.3) is 10.9 Å². The van der Waals surface area contributed by atoms with E-state index < -0.39 is 0 Å². The van der Waals surface area contributed by atoms with Crippen molar-refractivity contribution in [1.29, 1.82) is 0 Å². The van der Waals surface area contributed by atoms with Gasteiger partial charge in [-0.1, -0.05) is 12.1 Å². The van der Waals surface area contributed by atoms with Gasteiger partial charge in [-0.05, 0) is 19.1 Å². The number of hydrogen-bond acceptors (Lipinski definition) is 5. The van der Waals surface area contributed by atoms with Gasteiger partial charge in [-0.25, -0.2) is 4.98 Å². The van der Waals surface area contributed by atoms with Gasteiger partial charge in [0.05, 0.1) is 24.1 Å². The van der Waals surface area contributed by atoms with Gasteiger partial charge >= 0.3 is 0 Å². The van der Waals surface area contributed by atoms with Crippen LogP contribution >= 0.6 is 0 Å². The zero-order valence-corrected chi connectivity index (χ0v) is 13.8. The summed E-state index contributed by atoms with van der Waals surface area (Å²) in [5, 5.41) is 0.647. The van der Waals surface area contributed by atoms with Crippen LogP contribution in [-0.2, 0) is 11.3 Å². The van der Waals surface area contributed by atoms with E-state index in [2.05, 4.69) is 26.7 Å². The lowest BCUT2D eigenvalue weighted by atomic mass is 10.2. The van der Waals surface area contributed by atoms with E-state index in [1.807, 2.05) is 24.3 Å². The predicted molar refractivity (Wildman–Crippen MR) is 90.6 cm³/mol. The summed E-state index contributed by atoms with van der Waals surface area (Å²) < 4.78 is 5.16. The first-order valence-corrected chi connectivity index (χ1v) is 8.10. The molecule has 6 heteroatoms. The van der Waals surface area contributed by atoms with Crippen molar-refractivity contribution in [2.24, 2.45) is 0 Å². The van der Waals surface area contributed by atoms with Gasteiger partial charge in [-0.3, -0.25) is 14.6 Å². The van der Waals surface area contributed by atoms with Gasteiger partial charge in [-0.2, -0.15) is 0 Å². The molecule has 0 amide bonds. The van der Waals surface area contributed by atoms with Crippen molar-refractivity contribution in [2.75, 3.05) is 39.9 Å². The second-order valence-corrected chi connectivity index (χ2v) is 6.14. The van der Waals surface area contributed by atoms with Crippen LogP contribution in [0.2, 0.25) is 0 Å². The van der Waals surface area contributed by atoms with Gasteiger partial charge in [-0.15, -0.1) is 0 Å². The van der Waals surface area contributed by atoms with E-state index in [4.69, 9.17) is 4.74 Å². The van der Waals surface area contributed by atoms with Crippen LogP contribution in [0.4, 0.5) is 0 Å². The average Bonchev–Trinajstić information content (AvgIpc) is 2.54. The highest BCUT2D eigenvalue weighted by molar-refractivity contribution is 5.77. The summed E-state index contributed by atoms with van der Waals surface area (Å²) >= 11 is 0. The van der Waals surface area contributed by atoms with Crippen molar-refractivity contribution in [2.45, 2.75) is 19.5 Å². The smallest absolute Gasteiger partial charge is 0.258 e. The minimum absolute atomic E-state index is 0.0580. The van der Waals surface area contributed by atoms with Crippen molar-refractivity contribution in [3.63, 3.8) is 0 Å². The standard InChI is InChI=1S/C17H24N4O2/c1-13-11-20(7-8-21(13)9-10-23-2)12-16-18-15-6-4-3-5-14(15)17(22)19-16/h3-6,13H,7-12H2,1-2H3,(H,18,19,22). The number of fused-ring (bicyclic) bond motifs is 1. The molecular weight excluding hydrogens is 292 g/mol. The third-order valence-corrected chi connectivity index (χ3v) is 4.47. The highest BCUT2D eigenvalue weighted by Crippen LogP contribution is 2.12. The molecule has 1 aromatic carbocycles. The number of nitrogens with one attached hydrogen (secondary N) is 1. The molecule has 2 heterocycles. The fraction of sp³-hybridized carbons (Fsp3) is 0.529. The first-order chi connectivity index (χ1) is 11.2. The van der Waals surface area contributed by atoms with E-state index in [1.54, 1.807) is 7.11 Å². The summed E-state index contributed by atoms with van der Waals surface area (Å²) in [4.78, 5) is 24.4. The number of ether oxygens (including phenoxy) is 1. The van der Waals surface area contributed by atoms with Gasteiger partial charge in [0.2, 0.25) is 0 Å². The highest BCUT2D eigenvalue weighted by atomic mass is 16.5. The molecule has 23 heavy (non-hydrogen) atoms. The van der Waals surface area contributed by atoms with E-state index in [0.29, 0.717) is 18.0 Å². The van der Waals surface area contributed by atoms with Gasteiger partial charge in [0.25, 0.3) is 5.56 Å². The number of hydrogen-bond donors (Lipinski definition) is 1. The van der Waals surface area contributed by atoms with E-state index in [0.717, 1.165) is 44.1 Å². The summed E-state index contributed by atoms with van der Waals surface area (Å²) in [7, 11) is 1.74. The third kappa shape index (κ3) is 3.77. The Balaban J connectivity index is 1.67. The summed E-state index contributed by atoms with van der Waals surface area (Å²) in [5.41, 5.74) is 0.704. The van der Waals surface area contributed by atoms with Crippen LogP contribution in [-0.4, -0.2) is 65.7 Å². The highest BCUT2D eigenvalue weighted by Gasteiger charge is 2.23. The zero-order valence-electron chi connectivity index (χ0n) is 13.8. The maximum absolute atomic E-state index is 12.1. The molecule has 1 aliphatic heterocycles. The Morgan fingerprint density at radius 3 is 2.96 bits per heavy atom. The monoisotopic (exact) mass is 316 g/mol. The number of aromatic amines is 1. The zero-order chi connectivity index (χ0) is 16.2. The molecule has 3 rings (SSSR count). The summed E-state index contributed by atoms with van der Waals surface area (Å²) in [6.45, 7) is 7.62. The number of para-hydroxylation sites is 1. The van der Waals surface area contributed by atoms with Crippen LogP contribution in [0.1, 0.15) is 12.7 Å². The van der Waals surface area contributed by atoms with Gasteiger partial charge in [0.1, 0.15) is 5.82 Å². The largest absolute Gasteiger partial charge is 0.383 e. The van der Waals surface area contributed by atoms with E-state index in [-0.39, 0.29) is 5.56 Å². The Kier molecular flexibility index (Phi) is 5.05. The topological polar surface area (TPSA) is 61.5 Å². The van der Waals surface area contributed by atoms with Crippen LogP contribution in [0.3, 0.4) is 0 Å². The maximum atomic E-state index is 12.1. The predicted octanol–water partition coefficient (Wildman–Crippen LogP) is 1.08. The molecule has 0 bridgehead atoms. The van der Waals surface area contributed by atoms with Crippen molar-refractivity contribution in [1.82, 2.24) is 19.8 Å². The number of aromatic nitrogens is 2. The van der Waals surface area contributed by atoms with Crippen molar-refractivity contribution >= 4 is 10.9 Å². The fourth-order valence-corrected chi connectivity index (χ4v) is 3.18. The van der Waals surface area contributed by atoms with Crippen molar-refractivity contribution < 1.29 is 4.74 Å². The van der Waals surface area contributed by atoms with Crippen molar-refractivity contribution in [3.05, 3.63) is 40.4 Å². The van der Waals surface area contributed by atoms with Gasteiger partial charge in [0.15, 0.2) is 0 Å². The van der Waals surface area contributed by atoms with Crippen LogP contribution < -0.4 is 5.56 Å². The molecule has 1 aromatic heterocycles. The summed E-state index contributed by atoms with van der Waals surface area (Å²) in [6.07, 6.45) is 0. The van der Waals surface area contributed by atoms with Crippen LogP contribution in [0.15, 0.2) is 29.1 Å². The van der Waals surface area contributed by atoms with Gasteiger partial charge < -0.3 is 9.72 Å². The molecule has 1 aliphatic rings. The molecule has 1 saturated heterocycles. The van der Waals surface area contributed by atoms with Gasteiger partial charge in [0, 0.05) is 39.3 Å². The fourth-order valence-electron chi connectivity index (χ4n) is 3.18. The SMILES string of the molecule is COCCN1CCN(Cc2nc3ccccc3c(=O)[nH]2)CC1C. The minimum atomic E-state index is -0.0580. The van der Waals surface area contributed by atoms with E-state index in [9.17, 15) is 4.79 Å². The molecular formula is C17H24N4O2. The molecule has 1 fully saturated rings. The maximum Gasteiger partial charge on any atom is 0.258 e. The number of methoxy groups -OCH3 is 1. The number of rotatable bonds is 5. The lowest BCUT2D eigenvalue weighted by molar-refractivity contribution is 0.0546. The number of nitrogens with zero attached hydrogens (tertiary/aromatic N) is 3. The molecule has 0 spiro atoms. The lowest BCUT2D eigenvalue weighted by Gasteiger charge is -2.39. The Morgan fingerprint density at radius 1 is 1.35 bits per heavy atom. The molecule has 0 saturated carbocycles. The lowest BCUT2D eigenvalue weighted by Crippen LogP contribution is -2.52. The molecule has 6 nitrogen and oxygen atoms in total. The molecule has 1 unspecified atom stereocenters. The number of H-pyrrole nitrogens is 1. The molecule has 0 radical (unpaired) electrons. The van der Waals surface area contributed by atoms with E-state index in [1.165, 1.54) is 0 Å². The average molecular weight is 316 g/mol. The Hall–Kier alpha value is -1.76. The minimum Gasteiger partial charge on any atom is -0.383 e. The van der Waals surface area contributed by atoms with Crippen LogP contribution in [0, 0.1) is 0 Å². The van der Waals surface area contributed by atoms with Crippen molar-refractivity contribution in [3.8, 4) is 0 Å². The molecule has 1 N–H and O–H groups in total. The molecule has 124 valence electrons. The molecule has 0 aliphatic carbocycles. The number of piperazine rings is 1. The molecule has 1 atom stereocenters. The first-order valence-electron chi connectivity index (χ1n) is 8.10. The quantitative estimate of drug-likeness (QED) is 0.894. The van der Waals surface area contributed by atoms with Crippen LogP contribution in [0.5, 0.6) is 0 Å². The molecule has 2 aromatic rings. The third-order valence-electron chi connectivity index (χ3n) is 4.47. The first kappa shape index (κ1) is 16.1. The Morgan fingerprint density at radius 2 is 2.17 bits per heavy atom. The summed E-state index contributed by atoms with van der Waals surface area (Å²) in [6, 6.07) is 7.95. The number of benzene rings is 1. The normalized spacial score (nSPS) is 20.2. The second kappa shape index (κ2) is 7.21. The Labute approximate surface area is 136 Å². The van der Waals surface area contributed by atoms with E-state index >= 15 is 0 Å². The summed E-state index contributed by atoms with van der Waals surface area (Å²) in [5.74, 6) is 0.742. The Bertz CT molecular complexity index is 715. The second-order valence-electron chi connectivity index (χ2n) is 6.14.